The second kappa shape index (κ2) is 9.76. The van der Waals surface area contributed by atoms with Gasteiger partial charge in [-0.3, -0.25) is 0 Å². The van der Waals surface area contributed by atoms with E-state index >= 15 is 0 Å². The molecule has 1 aliphatic heterocycles. The largest absolute Gasteiger partial charge is 0.491 e. The van der Waals surface area contributed by atoms with Crippen LogP contribution in [0.25, 0.3) is 0 Å². The molecule has 3 rings (SSSR count). The van der Waals surface area contributed by atoms with Crippen molar-refractivity contribution in [1.82, 2.24) is 0 Å². The molecule has 9 heteroatoms. The monoisotopic (exact) mass is 456 g/mol. The summed E-state index contributed by atoms with van der Waals surface area (Å²) in [5.41, 5.74) is -0.212. The van der Waals surface area contributed by atoms with E-state index in [-0.39, 0.29) is 18.1 Å². The maximum Gasteiger partial charge on any atom is 0.416 e. The summed E-state index contributed by atoms with van der Waals surface area (Å²) < 4.78 is 52.5. The highest BCUT2D eigenvalue weighted by molar-refractivity contribution is 5.39. The van der Waals surface area contributed by atoms with Gasteiger partial charge in [0.2, 0.25) is 0 Å². The number of aliphatic hydroxyl groups is 4. The first kappa shape index (κ1) is 24.5. The molecule has 0 aliphatic carbocycles. The molecule has 2 aromatic carbocycles. The van der Waals surface area contributed by atoms with Gasteiger partial charge in [0.25, 0.3) is 0 Å². The first-order valence-corrected chi connectivity index (χ1v) is 10.3. The first-order valence-electron chi connectivity index (χ1n) is 10.3. The number of ether oxygens (including phenoxy) is 2. The van der Waals surface area contributed by atoms with E-state index in [0.717, 1.165) is 11.6 Å². The molecule has 0 aromatic heterocycles. The zero-order chi connectivity index (χ0) is 23.6. The Kier molecular flexibility index (Phi) is 7.46. The van der Waals surface area contributed by atoms with Crippen LogP contribution in [0.5, 0.6) is 5.75 Å². The highest BCUT2D eigenvalue weighted by Gasteiger charge is 2.46. The standard InChI is InChI=1S/C23H27F3O6/c1-12(2)31-15-6-3-13(4-7-15)9-14-5-8-16(17(10-14)23(24,25)26)22-21(30)20(29)19(28)18(11-27)32-22/h3-8,10,12,18-22,27-30H,9,11H2,1-2H3/t18-,19-,20+,21-,22+/m1/s1. The quantitative estimate of drug-likeness (QED) is 0.534. The van der Waals surface area contributed by atoms with Gasteiger partial charge in [0.05, 0.1) is 18.3 Å². The fourth-order valence-electron chi connectivity index (χ4n) is 3.76. The Labute approximate surface area is 183 Å². The third kappa shape index (κ3) is 5.41. The fraction of sp³-hybridized carbons (Fsp3) is 0.478. The molecule has 32 heavy (non-hydrogen) atoms. The minimum absolute atomic E-state index is 0.00477. The van der Waals surface area contributed by atoms with E-state index in [2.05, 4.69) is 0 Å². The van der Waals surface area contributed by atoms with Crippen molar-refractivity contribution in [2.45, 2.75) is 63.1 Å². The van der Waals surface area contributed by atoms with Crippen LogP contribution >= 0.6 is 0 Å². The summed E-state index contributed by atoms with van der Waals surface area (Å²) in [5, 5.41) is 39.5. The fourth-order valence-corrected chi connectivity index (χ4v) is 3.76. The van der Waals surface area contributed by atoms with Crippen LogP contribution in [0.15, 0.2) is 42.5 Å². The lowest BCUT2D eigenvalue weighted by Crippen LogP contribution is -2.55. The highest BCUT2D eigenvalue weighted by atomic mass is 19.4. The van der Waals surface area contributed by atoms with Crippen molar-refractivity contribution in [3.8, 4) is 5.75 Å². The van der Waals surface area contributed by atoms with Gasteiger partial charge in [0.15, 0.2) is 0 Å². The zero-order valence-electron chi connectivity index (χ0n) is 17.7. The predicted octanol–water partition coefficient (Wildman–Crippen LogP) is 2.60. The van der Waals surface area contributed by atoms with Crippen molar-refractivity contribution in [2.75, 3.05) is 6.61 Å². The number of halogens is 3. The van der Waals surface area contributed by atoms with Crippen LogP contribution in [-0.4, -0.2) is 57.6 Å². The predicted molar refractivity (Wildman–Crippen MR) is 109 cm³/mol. The molecule has 0 amide bonds. The van der Waals surface area contributed by atoms with Gasteiger partial charge in [-0.25, -0.2) is 0 Å². The highest BCUT2D eigenvalue weighted by Crippen LogP contribution is 2.41. The van der Waals surface area contributed by atoms with E-state index in [1.807, 2.05) is 13.8 Å². The Bertz CT molecular complexity index is 898. The molecular weight excluding hydrogens is 429 g/mol. The Morgan fingerprint density at radius 3 is 2.12 bits per heavy atom. The summed E-state index contributed by atoms with van der Waals surface area (Å²) >= 11 is 0. The van der Waals surface area contributed by atoms with Crippen LogP contribution in [-0.2, 0) is 17.3 Å². The number of benzene rings is 2. The van der Waals surface area contributed by atoms with E-state index in [1.165, 1.54) is 12.1 Å². The van der Waals surface area contributed by atoms with Gasteiger partial charge in [-0.05, 0) is 55.2 Å². The SMILES string of the molecule is CC(C)Oc1ccc(Cc2ccc([C@@H]3O[C@H](CO)[C@@H](O)[C@H](O)[C@H]3O)c(C(F)(F)F)c2)cc1. The van der Waals surface area contributed by atoms with Crippen LogP contribution in [0.2, 0.25) is 0 Å². The first-order chi connectivity index (χ1) is 15.0. The Morgan fingerprint density at radius 1 is 0.938 bits per heavy atom. The summed E-state index contributed by atoms with van der Waals surface area (Å²) in [6, 6.07) is 10.7. The molecule has 176 valence electrons. The maximum absolute atomic E-state index is 13.9. The Hall–Kier alpha value is -2.17. The van der Waals surface area contributed by atoms with E-state index in [1.54, 1.807) is 24.3 Å². The Balaban J connectivity index is 1.90. The lowest BCUT2D eigenvalue weighted by Gasteiger charge is -2.40. The minimum Gasteiger partial charge on any atom is -0.491 e. The van der Waals surface area contributed by atoms with Gasteiger partial charge in [-0.2, -0.15) is 13.2 Å². The molecular formula is C23H27F3O6. The van der Waals surface area contributed by atoms with Gasteiger partial charge in [-0.1, -0.05) is 24.3 Å². The maximum atomic E-state index is 13.9. The lowest BCUT2D eigenvalue weighted by atomic mass is 9.88. The average molecular weight is 456 g/mol. The van der Waals surface area contributed by atoms with Crippen LogP contribution in [0.3, 0.4) is 0 Å². The normalized spacial score (nSPS) is 26.4. The van der Waals surface area contributed by atoms with Gasteiger partial charge < -0.3 is 29.9 Å². The van der Waals surface area contributed by atoms with Crippen molar-refractivity contribution in [1.29, 1.82) is 0 Å². The van der Waals surface area contributed by atoms with Crippen LogP contribution in [0.1, 0.15) is 42.2 Å². The van der Waals surface area contributed by atoms with Crippen molar-refractivity contribution in [3.63, 3.8) is 0 Å². The molecule has 0 spiro atoms. The van der Waals surface area contributed by atoms with Gasteiger partial charge in [0, 0.05) is 0 Å². The van der Waals surface area contributed by atoms with Crippen LogP contribution in [0, 0.1) is 0 Å². The van der Waals surface area contributed by atoms with Crippen molar-refractivity contribution < 1.29 is 43.1 Å². The summed E-state index contributed by atoms with van der Waals surface area (Å²) in [6.07, 6.45) is -12.6. The van der Waals surface area contributed by atoms with E-state index in [0.29, 0.717) is 11.3 Å². The number of hydrogen-bond donors (Lipinski definition) is 4. The van der Waals surface area contributed by atoms with Crippen LogP contribution in [0.4, 0.5) is 13.2 Å². The lowest BCUT2D eigenvalue weighted by molar-refractivity contribution is -0.233. The number of hydrogen-bond acceptors (Lipinski definition) is 6. The molecule has 1 fully saturated rings. The molecule has 1 heterocycles. The van der Waals surface area contributed by atoms with E-state index in [9.17, 15) is 33.6 Å². The molecule has 0 bridgehead atoms. The third-order valence-corrected chi connectivity index (χ3v) is 5.33. The van der Waals surface area contributed by atoms with Crippen LogP contribution < -0.4 is 4.74 Å². The molecule has 2 aromatic rings. The molecule has 5 atom stereocenters. The summed E-state index contributed by atoms with van der Waals surface area (Å²) in [4.78, 5) is 0. The molecule has 0 unspecified atom stereocenters. The van der Waals surface area contributed by atoms with Crippen molar-refractivity contribution in [3.05, 3.63) is 64.7 Å². The van der Waals surface area contributed by atoms with Gasteiger partial charge in [-0.15, -0.1) is 0 Å². The molecule has 4 N–H and O–H groups in total. The summed E-state index contributed by atoms with van der Waals surface area (Å²) in [5.74, 6) is 0.665. The van der Waals surface area contributed by atoms with Crippen molar-refractivity contribution in [2.24, 2.45) is 0 Å². The molecule has 6 nitrogen and oxygen atoms in total. The summed E-state index contributed by atoms with van der Waals surface area (Å²) in [6.45, 7) is 3.06. The average Bonchev–Trinajstić information content (AvgIpc) is 2.73. The molecule has 1 aliphatic rings. The third-order valence-electron chi connectivity index (χ3n) is 5.33. The van der Waals surface area contributed by atoms with Gasteiger partial charge >= 0.3 is 6.18 Å². The second-order valence-corrected chi connectivity index (χ2v) is 8.16. The van der Waals surface area contributed by atoms with E-state index in [4.69, 9.17) is 9.47 Å². The molecule has 0 radical (unpaired) electrons. The number of alkyl halides is 3. The molecule has 0 saturated carbocycles. The Morgan fingerprint density at radius 2 is 1.56 bits per heavy atom. The van der Waals surface area contributed by atoms with E-state index < -0.39 is 48.9 Å². The minimum atomic E-state index is -4.75. The smallest absolute Gasteiger partial charge is 0.416 e. The number of rotatable bonds is 6. The van der Waals surface area contributed by atoms with Gasteiger partial charge in [0.1, 0.15) is 36.3 Å². The second-order valence-electron chi connectivity index (χ2n) is 8.16. The molecule has 1 saturated heterocycles. The topological polar surface area (TPSA) is 99.4 Å². The zero-order valence-corrected chi connectivity index (χ0v) is 17.7. The van der Waals surface area contributed by atoms with Crippen molar-refractivity contribution >= 4 is 0 Å². The number of aliphatic hydroxyl groups excluding tert-OH is 4. The summed E-state index contributed by atoms with van der Waals surface area (Å²) in [7, 11) is 0.